The van der Waals surface area contributed by atoms with Crippen molar-refractivity contribution in [3.63, 3.8) is 0 Å². The van der Waals surface area contributed by atoms with Crippen LogP contribution in [-0.4, -0.2) is 14.8 Å². The summed E-state index contributed by atoms with van der Waals surface area (Å²) in [5.74, 6) is 0.814. The second-order valence-corrected chi connectivity index (χ2v) is 3.07. The third-order valence-corrected chi connectivity index (χ3v) is 2.06. The van der Waals surface area contributed by atoms with Crippen LogP contribution in [0.5, 0.6) is 0 Å². The van der Waals surface area contributed by atoms with Gasteiger partial charge in [0.15, 0.2) is 5.82 Å². The molecule has 3 nitrogen and oxygen atoms in total. The van der Waals surface area contributed by atoms with Gasteiger partial charge in [-0.15, -0.1) is 0 Å². The van der Waals surface area contributed by atoms with Gasteiger partial charge in [-0.1, -0.05) is 6.07 Å². The van der Waals surface area contributed by atoms with Gasteiger partial charge in [-0.05, 0) is 34.1 Å². The molecule has 2 aromatic heterocycles. The Balaban J connectivity index is 2.51. The minimum absolute atomic E-state index is 0.814. The molecule has 4 heteroatoms. The van der Waals surface area contributed by atoms with Crippen LogP contribution in [0.2, 0.25) is 0 Å². The maximum atomic E-state index is 4.15. The molecule has 0 aromatic carbocycles. The summed E-state index contributed by atoms with van der Waals surface area (Å²) in [7, 11) is 0. The molecule has 0 aliphatic carbocycles. The van der Waals surface area contributed by atoms with Crippen LogP contribution in [0.15, 0.2) is 41.3 Å². The van der Waals surface area contributed by atoms with Crippen LogP contribution in [0.25, 0.3) is 5.82 Å². The normalized spacial score (nSPS) is 10.1. The van der Waals surface area contributed by atoms with E-state index in [2.05, 4.69) is 26.0 Å². The third kappa shape index (κ3) is 1.25. The van der Waals surface area contributed by atoms with Crippen molar-refractivity contribution in [3.05, 3.63) is 41.3 Å². The molecule has 0 fully saturated rings. The molecule has 0 unspecified atom stereocenters. The molecular weight excluding hydrogens is 218 g/mol. The molecule has 0 aliphatic rings. The van der Waals surface area contributed by atoms with Gasteiger partial charge in [0.25, 0.3) is 0 Å². The van der Waals surface area contributed by atoms with Gasteiger partial charge in [0, 0.05) is 6.20 Å². The van der Waals surface area contributed by atoms with Gasteiger partial charge in [0.2, 0.25) is 0 Å². The van der Waals surface area contributed by atoms with Crippen molar-refractivity contribution >= 4 is 15.9 Å². The molecule has 0 aliphatic heterocycles. The number of halogens is 1. The highest BCUT2D eigenvalue weighted by Gasteiger charge is 2.00. The Bertz CT molecular complexity index is 369. The number of hydrogen-bond acceptors (Lipinski definition) is 2. The predicted molar refractivity (Wildman–Crippen MR) is 49.1 cm³/mol. The molecule has 0 spiro atoms. The first kappa shape index (κ1) is 7.49. The number of rotatable bonds is 1. The molecule has 2 heterocycles. The molecule has 2 aromatic rings. The zero-order chi connectivity index (χ0) is 8.39. The summed E-state index contributed by atoms with van der Waals surface area (Å²) >= 11 is 3.36. The summed E-state index contributed by atoms with van der Waals surface area (Å²) < 4.78 is 2.63. The first-order valence-electron chi connectivity index (χ1n) is 3.49. The number of pyridine rings is 1. The Hall–Kier alpha value is -1.16. The second kappa shape index (κ2) is 3.06. The van der Waals surface area contributed by atoms with E-state index < -0.39 is 0 Å². The van der Waals surface area contributed by atoms with Gasteiger partial charge in [-0.2, -0.15) is 5.10 Å². The van der Waals surface area contributed by atoms with E-state index in [0.717, 1.165) is 10.4 Å². The Labute approximate surface area is 78.2 Å². The maximum Gasteiger partial charge on any atom is 0.154 e. The van der Waals surface area contributed by atoms with Crippen molar-refractivity contribution in [3.8, 4) is 5.82 Å². The zero-order valence-corrected chi connectivity index (χ0v) is 7.77. The van der Waals surface area contributed by atoms with Crippen molar-refractivity contribution in [2.24, 2.45) is 0 Å². The van der Waals surface area contributed by atoms with E-state index in [4.69, 9.17) is 0 Å². The monoisotopic (exact) mass is 223 g/mol. The fraction of sp³-hybridized carbons (Fsp3) is 0. The van der Waals surface area contributed by atoms with Crippen LogP contribution in [0.1, 0.15) is 0 Å². The Morgan fingerprint density at radius 1 is 1.17 bits per heavy atom. The fourth-order valence-electron chi connectivity index (χ4n) is 0.935. The molecule has 0 amide bonds. The van der Waals surface area contributed by atoms with Crippen LogP contribution < -0.4 is 0 Å². The maximum absolute atomic E-state index is 4.15. The van der Waals surface area contributed by atoms with E-state index in [-0.39, 0.29) is 0 Å². The Morgan fingerprint density at radius 3 is 2.67 bits per heavy atom. The third-order valence-electron chi connectivity index (χ3n) is 1.46. The molecular formula is C8H6BrN3. The van der Waals surface area contributed by atoms with Crippen molar-refractivity contribution < 1.29 is 0 Å². The lowest BCUT2D eigenvalue weighted by molar-refractivity contribution is 0.829. The average molecular weight is 224 g/mol. The van der Waals surface area contributed by atoms with E-state index in [0.29, 0.717) is 0 Å². The lowest BCUT2D eigenvalue weighted by Gasteiger charge is -1.99. The summed E-state index contributed by atoms with van der Waals surface area (Å²) in [5.41, 5.74) is 0. The van der Waals surface area contributed by atoms with Crippen molar-refractivity contribution in [1.82, 2.24) is 14.8 Å². The summed E-state index contributed by atoms with van der Waals surface area (Å²) in [6, 6.07) is 7.57. The van der Waals surface area contributed by atoms with Gasteiger partial charge < -0.3 is 0 Å². The van der Waals surface area contributed by atoms with Crippen molar-refractivity contribution in [1.29, 1.82) is 0 Å². The predicted octanol–water partition coefficient (Wildman–Crippen LogP) is 2.03. The van der Waals surface area contributed by atoms with Crippen LogP contribution in [-0.2, 0) is 0 Å². The summed E-state index contributed by atoms with van der Waals surface area (Å²) in [5, 5.41) is 4.09. The van der Waals surface area contributed by atoms with Gasteiger partial charge in [0.1, 0.15) is 4.60 Å². The lowest BCUT2D eigenvalue weighted by atomic mass is 10.5. The Kier molecular flexibility index (Phi) is 1.91. The van der Waals surface area contributed by atoms with Crippen LogP contribution >= 0.6 is 15.9 Å². The highest BCUT2D eigenvalue weighted by molar-refractivity contribution is 9.10. The molecule has 0 N–H and O–H groups in total. The first-order chi connectivity index (χ1) is 5.88. The standard InChI is InChI=1S/C8H6BrN3/c9-7-4-6-11-12(7)8-3-1-2-5-10-8/h1-6H. The average Bonchev–Trinajstić information content (AvgIpc) is 2.53. The smallest absolute Gasteiger partial charge is 0.154 e. The molecule has 60 valence electrons. The largest absolute Gasteiger partial charge is 0.237 e. The number of hydrogen-bond donors (Lipinski definition) is 0. The van der Waals surface area contributed by atoms with Gasteiger partial charge in [-0.3, -0.25) is 0 Å². The van der Waals surface area contributed by atoms with Crippen LogP contribution in [0.3, 0.4) is 0 Å². The van der Waals surface area contributed by atoms with E-state index in [1.165, 1.54) is 0 Å². The fourth-order valence-corrected chi connectivity index (χ4v) is 1.33. The van der Waals surface area contributed by atoms with E-state index in [1.807, 2.05) is 24.3 Å². The Morgan fingerprint density at radius 2 is 2.08 bits per heavy atom. The highest BCUT2D eigenvalue weighted by atomic mass is 79.9. The summed E-state index contributed by atoms with van der Waals surface area (Å²) in [4.78, 5) is 4.15. The number of aromatic nitrogens is 3. The SMILES string of the molecule is Brc1ccnn1-c1ccccn1. The molecule has 0 saturated heterocycles. The molecule has 0 saturated carbocycles. The topological polar surface area (TPSA) is 30.7 Å². The quantitative estimate of drug-likeness (QED) is 0.741. The van der Waals surface area contributed by atoms with E-state index in [1.54, 1.807) is 17.1 Å². The first-order valence-corrected chi connectivity index (χ1v) is 4.28. The highest BCUT2D eigenvalue weighted by Crippen LogP contribution is 2.12. The molecule has 12 heavy (non-hydrogen) atoms. The van der Waals surface area contributed by atoms with Crippen molar-refractivity contribution in [2.45, 2.75) is 0 Å². The number of nitrogens with zero attached hydrogens (tertiary/aromatic N) is 3. The summed E-state index contributed by atoms with van der Waals surface area (Å²) in [6.07, 6.45) is 3.46. The lowest BCUT2D eigenvalue weighted by Crippen LogP contribution is -1.98. The molecule has 0 bridgehead atoms. The van der Waals surface area contributed by atoms with Gasteiger partial charge in [0.05, 0.1) is 6.20 Å². The van der Waals surface area contributed by atoms with E-state index in [9.17, 15) is 0 Å². The van der Waals surface area contributed by atoms with Crippen LogP contribution in [0.4, 0.5) is 0 Å². The van der Waals surface area contributed by atoms with Crippen LogP contribution in [0, 0.1) is 0 Å². The molecule has 0 radical (unpaired) electrons. The van der Waals surface area contributed by atoms with Gasteiger partial charge in [-0.25, -0.2) is 9.67 Å². The minimum atomic E-state index is 0.814. The molecule has 0 atom stereocenters. The zero-order valence-electron chi connectivity index (χ0n) is 6.18. The second-order valence-electron chi connectivity index (χ2n) is 2.25. The molecule has 2 rings (SSSR count). The van der Waals surface area contributed by atoms with E-state index >= 15 is 0 Å². The minimum Gasteiger partial charge on any atom is -0.237 e. The van der Waals surface area contributed by atoms with Crippen molar-refractivity contribution in [2.75, 3.05) is 0 Å². The van der Waals surface area contributed by atoms with Gasteiger partial charge >= 0.3 is 0 Å². The summed E-state index contributed by atoms with van der Waals surface area (Å²) in [6.45, 7) is 0.